The van der Waals surface area contributed by atoms with Crippen LogP contribution in [0.2, 0.25) is 0 Å². The number of nitrogens with one attached hydrogen (secondary N) is 1. The lowest BCUT2D eigenvalue weighted by atomic mass is 9.90. The van der Waals surface area contributed by atoms with Crippen molar-refractivity contribution in [2.75, 3.05) is 14.2 Å². The van der Waals surface area contributed by atoms with Crippen molar-refractivity contribution in [2.24, 2.45) is 5.92 Å². The van der Waals surface area contributed by atoms with Crippen LogP contribution in [-0.2, 0) is 20.0 Å². The van der Waals surface area contributed by atoms with E-state index in [-0.39, 0.29) is 28.8 Å². The van der Waals surface area contributed by atoms with Crippen molar-refractivity contribution in [1.82, 2.24) is 14.9 Å². The summed E-state index contributed by atoms with van der Waals surface area (Å²) in [5.74, 6) is 0.514. The molecule has 1 aromatic rings. The van der Waals surface area contributed by atoms with Crippen LogP contribution < -0.4 is 15.6 Å². The molecule has 2 aliphatic heterocycles. The molecule has 3 rings (SSSR count). The first-order valence-corrected chi connectivity index (χ1v) is 8.52. The number of fused-ring (bicyclic) bond motifs is 2. The lowest BCUT2D eigenvalue weighted by molar-refractivity contribution is -0.152. The second-order valence-electron chi connectivity index (χ2n) is 6.42. The first-order valence-electron chi connectivity index (χ1n) is 8.52. The van der Waals surface area contributed by atoms with Gasteiger partial charge < -0.3 is 19.5 Å². The molecule has 8 nitrogen and oxygen atoms in total. The lowest BCUT2D eigenvalue weighted by Gasteiger charge is -2.43. The Labute approximate surface area is 151 Å². The van der Waals surface area contributed by atoms with Gasteiger partial charge in [0.2, 0.25) is 17.5 Å². The molecule has 1 amide bonds. The number of hydrogen-bond acceptors (Lipinski definition) is 6. The number of rotatable bonds is 4. The molecule has 3 heterocycles. The average molecular weight is 361 g/mol. The fraction of sp³-hybridized carbons (Fsp3) is 0.500. The van der Waals surface area contributed by atoms with Gasteiger partial charge in [-0.3, -0.25) is 14.2 Å². The van der Waals surface area contributed by atoms with E-state index in [1.165, 1.54) is 25.0 Å². The minimum Gasteiger partial charge on any atom is -0.497 e. The van der Waals surface area contributed by atoms with Crippen LogP contribution in [-0.4, -0.2) is 29.7 Å². The Morgan fingerprint density at radius 1 is 1.42 bits per heavy atom. The van der Waals surface area contributed by atoms with E-state index in [9.17, 15) is 9.59 Å². The molecule has 0 saturated heterocycles. The Hall–Kier alpha value is -2.61. The quantitative estimate of drug-likeness (QED) is 0.877. The number of carbonyl (C=O) groups excluding carboxylic acids is 1. The van der Waals surface area contributed by atoms with E-state index < -0.39 is 11.8 Å². The van der Waals surface area contributed by atoms with Gasteiger partial charge in [0.1, 0.15) is 17.4 Å². The van der Waals surface area contributed by atoms with Crippen LogP contribution in [0.25, 0.3) is 6.08 Å². The van der Waals surface area contributed by atoms with Gasteiger partial charge in [-0.25, -0.2) is 0 Å². The molecule has 26 heavy (non-hydrogen) atoms. The Morgan fingerprint density at radius 3 is 2.77 bits per heavy atom. The predicted molar refractivity (Wildman–Crippen MR) is 94.2 cm³/mol. The van der Waals surface area contributed by atoms with Gasteiger partial charge in [0.05, 0.1) is 13.4 Å². The third-order valence-electron chi connectivity index (χ3n) is 5.09. The van der Waals surface area contributed by atoms with E-state index in [1.807, 2.05) is 13.8 Å². The van der Waals surface area contributed by atoms with Crippen LogP contribution in [0.15, 0.2) is 22.9 Å². The van der Waals surface area contributed by atoms with Crippen molar-refractivity contribution in [3.63, 3.8) is 0 Å². The van der Waals surface area contributed by atoms with Gasteiger partial charge in [-0.05, 0) is 19.4 Å². The van der Waals surface area contributed by atoms with Gasteiger partial charge in [-0.15, -0.1) is 0 Å². The zero-order chi connectivity index (χ0) is 19.1. The van der Waals surface area contributed by atoms with Gasteiger partial charge in [0.15, 0.2) is 5.82 Å². The fourth-order valence-electron chi connectivity index (χ4n) is 3.28. The number of carbonyl (C=O) groups is 1. The SMILES string of the molecule is CCC(C)[C@]1(OC)NC(=O)[C@@H](C)n2c1nc1c(c2=O)C=C(OC)C=CO1. The van der Waals surface area contributed by atoms with E-state index in [4.69, 9.17) is 14.2 Å². The molecule has 0 radical (unpaired) electrons. The number of nitrogens with zero attached hydrogens (tertiary/aromatic N) is 2. The molecule has 8 heteroatoms. The summed E-state index contributed by atoms with van der Waals surface area (Å²) in [6.45, 7) is 5.57. The van der Waals surface area contributed by atoms with Gasteiger partial charge >= 0.3 is 0 Å². The molecule has 1 aromatic heterocycles. The Morgan fingerprint density at radius 2 is 2.15 bits per heavy atom. The number of allylic oxidation sites excluding steroid dienone is 1. The Kier molecular flexibility index (Phi) is 4.62. The average Bonchev–Trinajstić information content (AvgIpc) is 2.86. The third-order valence-corrected chi connectivity index (χ3v) is 5.09. The van der Waals surface area contributed by atoms with Crippen LogP contribution >= 0.6 is 0 Å². The zero-order valence-corrected chi connectivity index (χ0v) is 15.5. The Balaban J connectivity index is 2.35. The third kappa shape index (κ3) is 2.52. The van der Waals surface area contributed by atoms with Crippen LogP contribution in [0.4, 0.5) is 0 Å². The van der Waals surface area contributed by atoms with Crippen LogP contribution in [0, 0.1) is 5.92 Å². The van der Waals surface area contributed by atoms with E-state index in [2.05, 4.69) is 10.3 Å². The molecule has 1 N–H and O–H groups in total. The molecule has 0 aromatic carbocycles. The normalized spacial score (nSPS) is 25.2. The number of methoxy groups -OCH3 is 2. The van der Waals surface area contributed by atoms with E-state index in [0.29, 0.717) is 18.0 Å². The van der Waals surface area contributed by atoms with Crippen molar-refractivity contribution < 1.29 is 19.0 Å². The Bertz CT molecular complexity index is 857. The molecule has 2 aliphatic rings. The van der Waals surface area contributed by atoms with E-state index in [0.717, 1.165) is 0 Å². The summed E-state index contributed by atoms with van der Waals surface area (Å²) in [6.07, 6.45) is 5.27. The second kappa shape index (κ2) is 6.60. The molecule has 0 bridgehead atoms. The number of aromatic nitrogens is 2. The highest BCUT2D eigenvalue weighted by molar-refractivity contribution is 5.82. The molecule has 0 aliphatic carbocycles. The fourth-order valence-corrected chi connectivity index (χ4v) is 3.28. The summed E-state index contributed by atoms with van der Waals surface area (Å²) in [5.41, 5.74) is -1.36. The van der Waals surface area contributed by atoms with Gasteiger partial charge in [-0.2, -0.15) is 4.98 Å². The highest BCUT2D eigenvalue weighted by atomic mass is 16.5. The summed E-state index contributed by atoms with van der Waals surface area (Å²) >= 11 is 0. The van der Waals surface area contributed by atoms with Crippen molar-refractivity contribution in [1.29, 1.82) is 0 Å². The van der Waals surface area contributed by atoms with Crippen molar-refractivity contribution in [3.8, 4) is 5.88 Å². The monoisotopic (exact) mass is 361 g/mol. The van der Waals surface area contributed by atoms with Crippen LogP contribution in [0.1, 0.15) is 44.6 Å². The standard InChI is InChI=1S/C18H23N3O5/c1-6-10(2)18(25-5)17-19-15-13(9-12(24-4)7-8-26-15)16(23)21(17)11(3)14(22)20-18/h7-11H,6H2,1-5H3,(H,20,22)/t10?,11-,18-/m1/s1. The smallest absolute Gasteiger partial charge is 0.265 e. The lowest BCUT2D eigenvalue weighted by Crippen LogP contribution is -2.61. The summed E-state index contributed by atoms with van der Waals surface area (Å²) in [7, 11) is 2.99. The molecule has 140 valence electrons. The maximum absolute atomic E-state index is 13.2. The maximum Gasteiger partial charge on any atom is 0.265 e. The first-order chi connectivity index (χ1) is 12.4. The van der Waals surface area contributed by atoms with Crippen LogP contribution in [0.3, 0.4) is 0 Å². The largest absolute Gasteiger partial charge is 0.497 e. The molecule has 0 spiro atoms. The molecule has 1 unspecified atom stereocenters. The van der Waals surface area contributed by atoms with E-state index in [1.54, 1.807) is 19.1 Å². The molecule has 0 saturated carbocycles. The van der Waals surface area contributed by atoms with Crippen molar-refractivity contribution >= 4 is 12.0 Å². The van der Waals surface area contributed by atoms with Gasteiger partial charge in [0, 0.05) is 19.1 Å². The minimum atomic E-state index is -1.21. The highest BCUT2D eigenvalue weighted by Gasteiger charge is 2.49. The van der Waals surface area contributed by atoms with Gasteiger partial charge in [-0.1, -0.05) is 13.8 Å². The molecular formula is C18H23N3O5. The number of hydrogen-bond donors (Lipinski definition) is 1. The highest BCUT2D eigenvalue weighted by Crippen LogP contribution is 2.37. The summed E-state index contributed by atoms with van der Waals surface area (Å²) in [4.78, 5) is 30.4. The predicted octanol–water partition coefficient (Wildman–Crippen LogP) is 1.67. The first kappa shape index (κ1) is 18.2. The molecule has 0 fully saturated rings. The summed E-state index contributed by atoms with van der Waals surface area (Å²) in [6, 6.07) is -0.724. The van der Waals surface area contributed by atoms with E-state index >= 15 is 0 Å². The number of amides is 1. The second-order valence-corrected chi connectivity index (χ2v) is 6.42. The summed E-state index contributed by atoms with van der Waals surface area (Å²) in [5, 5.41) is 2.91. The summed E-state index contributed by atoms with van der Waals surface area (Å²) < 4.78 is 17.9. The zero-order valence-electron chi connectivity index (χ0n) is 15.5. The number of ether oxygens (including phenoxy) is 3. The van der Waals surface area contributed by atoms with Crippen molar-refractivity contribution in [2.45, 2.75) is 39.0 Å². The van der Waals surface area contributed by atoms with Crippen molar-refractivity contribution in [3.05, 3.63) is 39.8 Å². The van der Waals surface area contributed by atoms with Gasteiger partial charge in [0.25, 0.3) is 5.56 Å². The minimum absolute atomic E-state index is 0.119. The van der Waals surface area contributed by atoms with Crippen LogP contribution in [0.5, 0.6) is 5.88 Å². The molecule has 3 atom stereocenters. The maximum atomic E-state index is 13.2. The topological polar surface area (TPSA) is 91.7 Å². The molecular weight excluding hydrogens is 338 g/mol.